The van der Waals surface area contributed by atoms with E-state index in [0.717, 1.165) is 10.5 Å². The summed E-state index contributed by atoms with van der Waals surface area (Å²) in [6.45, 7) is 1.56. The molecule has 0 amide bonds. The largest absolute Gasteiger partial charge is 0.295 e. The molecule has 0 saturated carbocycles. The molecule has 1 atom stereocenters. The molecule has 0 spiro atoms. The van der Waals surface area contributed by atoms with Crippen LogP contribution in [0.15, 0.2) is 29.2 Å². The Balaban J connectivity index is 3.04. The fourth-order valence-electron chi connectivity index (χ4n) is 0.890. The van der Waals surface area contributed by atoms with E-state index in [-0.39, 0.29) is 15.9 Å². The first kappa shape index (κ1) is 9.62. The molecule has 1 nitrogen and oxygen atoms in total. The molecule has 3 heteroatoms. The van der Waals surface area contributed by atoms with E-state index in [1.54, 1.807) is 13.0 Å². The zero-order valence-corrected chi connectivity index (χ0v) is 8.58. The van der Waals surface area contributed by atoms with Gasteiger partial charge < -0.3 is 0 Å². The Morgan fingerprint density at radius 2 is 2.17 bits per heavy atom. The highest BCUT2D eigenvalue weighted by Crippen LogP contribution is 2.16. The van der Waals surface area contributed by atoms with Crippen molar-refractivity contribution in [3.05, 3.63) is 29.8 Å². The van der Waals surface area contributed by atoms with E-state index >= 15 is 0 Å². The molecule has 0 N–H and O–H groups in total. The van der Waals surface area contributed by atoms with Crippen molar-refractivity contribution < 1.29 is 4.79 Å². The standard InChI is InChI=1S/C9H10ClOS/c1-7(11)8-4-3-5-9(6-8)12(2)10/h3-6H,1-2H3/q+1. The molecule has 1 aromatic carbocycles. The summed E-state index contributed by atoms with van der Waals surface area (Å²) >= 11 is 0. The molecular formula is C9H10ClOS+. The smallest absolute Gasteiger partial charge is 0.182 e. The van der Waals surface area contributed by atoms with Gasteiger partial charge in [0.15, 0.2) is 21.4 Å². The van der Waals surface area contributed by atoms with Crippen LogP contribution in [0.5, 0.6) is 0 Å². The molecule has 0 saturated heterocycles. The van der Waals surface area contributed by atoms with Crippen LogP contribution in [0.2, 0.25) is 0 Å². The number of rotatable bonds is 2. The lowest BCUT2D eigenvalue weighted by Gasteiger charge is -1.95. The summed E-state index contributed by atoms with van der Waals surface area (Å²) < 4.78 is 0. The van der Waals surface area contributed by atoms with Crippen LogP contribution in [0.4, 0.5) is 0 Å². The molecule has 0 radical (unpaired) electrons. The third-order valence-corrected chi connectivity index (χ3v) is 3.00. The third-order valence-electron chi connectivity index (χ3n) is 1.57. The first-order chi connectivity index (χ1) is 5.61. The maximum atomic E-state index is 11.0. The SMILES string of the molecule is CC(=O)c1cccc([S+](C)Cl)c1. The number of Topliss-reactive ketones (excluding diaryl/α,β-unsaturated/α-hetero) is 1. The average molecular weight is 202 g/mol. The minimum Gasteiger partial charge on any atom is -0.295 e. The number of carbonyl (C=O) groups excluding carboxylic acids is 1. The number of halogens is 1. The zero-order chi connectivity index (χ0) is 9.14. The number of benzene rings is 1. The molecule has 1 unspecified atom stereocenters. The van der Waals surface area contributed by atoms with Gasteiger partial charge in [-0.05, 0) is 13.0 Å². The van der Waals surface area contributed by atoms with E-state index in [1.807, 2.05) is 24.5 Å². The normalized spacial score (nSPS) is 12.6. The number of ketones is 1. The van der Waals surface area contributed by atoms with Crippen LogP contribution in [0.25, 0.3) is 0 Å². The van der Waals surface area contributed by atoms with Crippen molar-refractivity contribution >= 4 is 26.6 Å². The predicted molar refractivity (Wildman–Crippen MR) is 53.9 cm³/mol. The van der Waals surface area contributed by atoms with Crippen molar-refractivity contribution in [2.75, 3.05) is 6.26 Å². The summed E-state index contributed by atoms with van der Waals surface area (Å²) in [6, 6.07) is 7.44. The minimum atomic E-state index is -0.286. The van der Waals surface area contributed by atoms with Gasteiger partial charge in [0.05, 0.1) is 0 Å². The lowest BCUT2D eigenvalue weighted by Crippen LogP contribution is -1.95. The van der Waals surface area contributed by atoms with Crippen molar-refractivity contribution in [1.82, 2.24) is 0 Å². The van der Waals surface area contributed by atoms with Gasteiger partial charge in [0.2, 0.25) is 0 Å². The van der Waals surface area contributed by atoms with Crippen LogP contribution in [0.3, 0.4) is 0 Å². The van der Waals surface area contributed by atoms with Crippen LogP contribution in [-0.4, -0.2) is 12.0 Å². The van der Waals surface area contributed by atoms with Gasteiger partial charge in [-0.2, -0.15) is 0 Å². The fraction of sp³-hybridized carbons (Fsp3) is 0.222. The van der Waals surface area contributed by atoms with Crippen LogP contribution in [-0.2, 0) is 10.1 Å². The third kappa shape index (κ3) is 2.26. The molecule has 0 aromatic heterocycles. The first-order valence-electron chi connectivity index (χ1n) is 3.54. The number of hydrogen-bond donors (Lipinski definition) is 0. The van der Waals surface area contributed by atoms with E-state index in [0.29, 0.717) is 0 Å². The van der Waals surface area contributed by atoms with Crippen LogP contribution in [0.1, 0.15) is 17.3 Å². The molecule has 12 heavy (non-hydrogen) atoms. The zero-order valence-electron chi connectivity index (χ0n) is 7.00. The van der Waals surface area contributed by atoms with Crippen LogP contribution >= 0.6 is 10.7 Å². The van der Waals surface area contributed by atoms with Crippen molar-refractivity contribution in [2.24, 2.45) is 0 Å². The highest BCUT2D eigenvalue weighted by Gasteiger charge is 2.13. The monoisotopic (exact) mass is 201 g/mol. The highest BCUT2D eigenvalue weighted by atomic mass is 35.7. The van der Waals surface area contributed by atoms with E-state index < -0.39 is 0 Å². The van der Waals surface area contributed by atoms with Crippen LogP contribution in [0, 0.1) is 0 Å². The Morgan fingerprint density at radius 3 is 2.67 bits per heavy atom. The summed E-state index contributed by atoms with van der Waals surface area (Å²) in [4.78, 5) is 12.0. The molecule has 0 bridgehead atoms. The Morgan fingerprint density at radius 1 is 1.50 bits per heavy atom. The van der Waals surface area contributed by atoms with Crippen molar-refractivity contribution in [3.8, 4) is 0 Å². The molecular weight excluding hydrogens is 192 g/mol. The second kappa shape index (κ2) is 3.97. The van der Waals surface area contributed by atoms with E-state index in [9.17, 15) is 4.79 Å². The van der Waals surface area contributed by atoms with Crippen molar-refractivity contribution in [2.45, 2.75) is 11.8 Å². The Hall–Kier alpha value is -0.470. The Kier molecular flexibility index (Phi) is 3.18. The lowest BCUT2D eigenvalue weighted by atomic mass is 10.2. The first-order valence-corrected chi connectivity index (χ1v) is 6.00. The van der Waals surface area contributed by atoms with E-state index in [2.05, 4.69) is 0 Å². The molecule has 0 fully saturated rings. The van der Waals surface area contributed by atoms with E-state index in [1.165, 1.54) is 0 Å². The van der Waals surface area contributed by atoms with Gasteiger partial charge >= 0.3 is 0 Å². The molecule has 0 aliphatic heterocycles. The second-order valence-electron chi connectivity index (χ2n) is 2.52. The summed E-state index contributed by atoms with van der Waals surface area (Å²) in [5.74, 6) is 0.0824. The van der Waals surface area contributed by atoms with Gasteiger partial charge in [-0.15, -0.1) is 0 Å². The van der Waals surface area contributed by atoms with Gasteiger partial charge in [-0.25, -0.2) is 0 Å². The topological polar surface area (TPSA) is 17.1 Å². The number of hydrogen-bond acceptors (Lipinski definition) is 1. The quantitative estimate of drug-likeness (QED) is 0.531. The molecule has 0 heterocycles. The minimum absolute atomic E-state index is 0.0824. The highest BCUT2D eigenvalue weighted by molar-refractivity contribution is 8.17. The van der Waals surface area contributed by atoms with Gasteiger partial charge in [-0.1, -0.05) is 12.1 Å². The molecule has 0 aliphatic rings. The summed E-state index contributed by atoms with van der Waals surface area (Å²) in [5, 5.41) is 0. The maximum absolute atomic E-state index is 11.0. The van der Waals surface area contributed by atoms with Gasteiger partial charge in [0.1, 0.15) is 16.4 Å². The fourth-order valence-corrected chi connectivity index (χ4v) is 1.73. The van der Waals surface area contributed by atoms with Gasteiger partial charge in [0, 0.05) is 11.6 Å². The average Bonchev–Trinajstić information content (AvgIpc) is 2.04. The maximum Gasteiger partial charge on any atom is 0.182 e. The predicted octanol–water partition coefficient (Wildman–Crippen LogP) is 2.65. The summed E-state index contributed by atoms with van der Waals surface area (Å²) in [6.07, 6.45) is 1.92. The Labute approximate surface area is 79.6 Å². The summed E-state index contributed by atoms with van der Waals surface area (Å²) in [5.41, 5.74) is 0.729. The van der Waals surface area contributed by atoms with E-state index in [4.69, 9.17) is 10.7 Å². The van der Waals surface area contributed by atoms with Crippen LogP contribution < -0.4 is 0 Å². The summed E-state index contributed by atoms with van der Waals surface area (Å²) in [7, 11) is 5.61. The molecule has 1 aromatic rings. The number of carbonyl (C=O) groups is 1. The lowest BCUT2D eigenvalue weighted by molar-refractivity contribution is 0.101. The Bertz CT molecular complexity index is 296. The van der Waals surface area contributed by atoms with Gasteiger partial charge in [0.25, 0.3) is 0 Å². The molecule has 64 valence electrons. The molecule has 0 aliphatic carbocycles. The second-order valence-corrected chi connectivity index (χ2v) is 5.25. The van der Waals surface area contributed by atoms with Crippen molar-refractivity contribution in [1.29, 1.82) is 0 Å². The molecule has 1 rings (SSSR count). The van der Waals surface area contributed by atoms with Crippen molar-refractivity contribution in [3.63, 3.8) is 0 Å². The van der Waals surface area contributed by atoms with Gasteiger partial charge in [-0.3, -0.25) is 4.79 Å².